The van der Waals surface area contributed by atoms with Gasteiger partial charge in [-0.3, -0.25) is 4.79 Å². The molecule has 8 nitrogen and oxygen atoms in total. The highest BCUT2D eigenvalue weighted by atomic mass is 16.5. The van der Waals surface area contributed by atoms with Crippen LogP contribution < -0.4 is 0 Å². The predicted octanol–water partition coefficient (Wildman–Crippen LogP) is 1.58. The molecule has 1 aliphatic heterocycles. The minimum Gasteiger partial charge on any atom is -0.367 e. The van der Waals surface area contributed by atoms with Gasteiger partial charge in [-0.15, -0.1) is 0 Å². The number of fused-ring (bicyclic) bond motifs is 1. The van der Waals surface area contributed by atoms with E-state index in [2.05, 4.69) is 25.4 Å². The Labute approximate surface area is 144 Å². The van der Waals surface area contributed by atoms with Gasteiger partial charge >= 0.3 is 0 Å². The Morgan fingerprint density at radius 2 is 1.92 bits per heavy atom. The smallest absolute Gasteiger partial charge is 0.254 e. The molecule has 0 bridgehead atoms. The fraction of sp³-hybridized carbons (Fsp3) is 0.353. The van der Waals surface area contributed by atoms with Crippen molar-refractivity contribution in [2.45, 2.75) is 20.0 Å². The molecule has 1 amide bonds. The third-order valence-electron chi connectivity index (χ3n) is 4.20. The molecule has 3 aromatic rings. The number of morpholine rings is 1. The molecule has 4 rings (SSSR count). The molecule has 128 valence electrons. The van der Waals surface area contributed by atoms with Crippen molar-refractivity contribution in [2.75, 3.05) is 19.7 Å². The van der Waals surface area contributed by atoms with Crippen LogP contribution in [-0.4, -0.2) is 55.9 Å². The van der Waals surface area contributed by atoms with E-state index in [-0.39, 0.29) is 12.0 Å². The van der Waals surface area contributed by atoms with Gasteiger partial charge in [0.1, 0.15) is 17.1 Å². The summed E-state index contributed by atoms with van der Waals surface area (Å²) in [4.78, 5) is 23.5. The molecule has 1 atom stereocenters. The summed E-state index contributed by atoms with van der Waals surface area (Å²) < 4.78 is 5.80. The molecular formula is C17H18N6O2. The number of nitrogens with zero attached hydrogens (tertiary/aromatic N) is 5. The van der Waals surface area contributed by atoms with Gasteiger partial charge < -0.3 is 9.64 Å². The van der Waals surface area contributed by atoms with Gasteiger partial charge in [0.05, 0.1) is 13.2 Å². The number of aromatic nitrogens is 5. The standard InChI is InChI=1S/C17H18N6O2/c1-10-7-11(2)19-16(18-10)15-9-23(5-6-25-15)17(24)12-3-4-13-14(8-12)21-22-20-13/h3-4,7-8,15H,5-6,9H2,1-2H3,(H,20,21,22)/t15-/m1/s1. The van der Waals surface area contributed by atoms with Crippen LogP contribution in [0.1, 0.15) is 33.7 Å². The molecule has 2 aromatic heterocycles. The fourth-order valence-electron chi connectivity index (χ4n) is 3.04. The number of rotatable bonds is 2. The Morgan fingerprint density at radius 3 is 2.72 bits per heavy atom. The first kappa shape index (κ1) is 15.6. The van der Waals surface area contributed by atoms with E-state index in [9.17, 15) is 4.79 Å². The van der Waals surface area contributed by atoms with E-state index in [0.717, 1.165) is 16.9 Å². The molecule has 1 aromatic carbocycles. The fourth-order valence-corrected chi connectivity index (χ4v) is 3.04. The largest absolute Gasteiger partial charge is 0.367 e. The number of carbonyl (C=O) groups is 1. The number of amides is 1. The summed E-state index contributed by atoms with van der Waals surface area (Å²) in [6.07, 6.45) is -0.313. The van der Waals surface area contributed by atoms with Gasteiger partial charge in [-0.1, -0.05) is 0 Å². The van der Waals surface area contributed by atoms with Crippen LogP contribution in [0.4, 0.5) is 0 Å². The van der Waals surface area contributed by atoms with Crippen LogP contribution in [0.25, 0.3) is 11.0 Å². The Balaban J connectivity index is 1.56. The van der Waals surface area contributed by atoms with Gasteiger partial charge in [-0.25, -0.2) is 9.97 Å². The summed E-state index contributed by atoms with van der Waals surface area (Å²) >= 11 is 0. The average molecular weight is 338 g/mol. The minimum atomic E-state index is -0.313. The van der Waals surface area contributed by atoms with Crippen molar-refractivity contribution in [2.24, 2.45) is 0 Å². The number of benzene rings is 1. The zero-order chi connectivity index (χ0) is 17.4. The van der Waals surface area contributed by atoms with E-state index >= 15 is 0 Å². The van der Waals surface area contributed by atoms with Crippen LogP contribution in [0.15, 0.2) is 24.3 Å². The van der Waals surface area contributed by atoms with Crippen molar-refractivity contribution >= 4 is 16.9 Å². The lowest BCUT2D eigenvalue weighted by Crippen LogP contribution is -2.42. The molecule has 0 saturated carbocycles. The predicted molar refractivity (Wildman–Crippen MR) is 90.0 cm³/mol. The number of carbonyl (C=O) groups excluding carboxylic acids is 1. The van der Waals surface area contributed by atoms with Crippen LogP contribution in [0, 0.1) is 13.8 Å². The lowest BCUT2D eigenvalue weighted by Gasteiger charge is -2.32. The maximum atomic E-state index is 12.8. The minimum absolute atomic E-state index is 0.0532. The molecule has 0 aliphatic carbocycles. The van der Waals surface area contributed by atoms with E-state index in [0.29, 0.717) is 36.6 Å². The number of H-pyrrole nitrogens is 1. The zero-order valence-electron chi connectivity index (χ0n) is 14.1. The van der Waals surface area contributed by atoms with Gasteiger partial charge in [-0.05, 0) is 38.1 Å². The van der Waals surface area contributed by atoms with E-state index in [1.165, 1.54) is 0 Å². The summed E-state index contributed by atoms with van der Waals surface area (Å²) in [7, 11) is 0. The van der Waals surface area contributed by atoms with Gasteiger partial charge in [0.2, 0.25) is 0 Å². The normalized spacial score (nSPS) is 17.8. The second-order valence-electron chi connectivity index (χ2n) is 6.15. The van der Waals surface area contributed by atoms with Crippen LogP contribution >= 0.6 is 0 Å². The number of nitrogens with one attached hydrogen (secondary N) is 1. The van der Waals surface area contributed by atoms with Crippen molar-refractivity contribution in [3.8, 4) is 0 Å². The molecule has 8 heteroatoms. The molecule has 1 saturated heterocycles. The molecule has 0 radical (unpaired) electrons. The highest BCUT2D eigenvalue weighted by Crippen LogP contribution is 2.22. The number of hydrogen-bond acceptors (Lipinski definition) is 6. The van der Waals surface area contributed by atoms with Crippen molar-refractivity contribution in [3.05, 3.63) is 47.0 Å². The highest BCUT2D eigenvalue weighted by Gasteiger charge is 2.28. The Hall–Kier alpha value is -2.87. The van der Waals surface area contributed by atoms with Gasteiger partial charge in [0.15, 0.2) is 5.82 Å². The third-order valence-corrected chi connectivity index (χ3v) is 4.20. The Kier molecular flexibility index (Phi) is 3.89. The average Bonchev–Trinajstić information content (AvgIpc) is 3.08. The quantitative estimate of drug-likeness (QED) is 0.762. The summed E-state index contributed by atoms with van der Waals surface area (Å²) in [5.41, 5.74) is 3.79. The third kappa shape index (κ3) is 3.08. The molecule has 1 N–H and O–H groups in total. The highest BCUT2D eigenvalue weighted by molar-refractivity contribution is 5.97. The van der Waals surface area contributed by atoms with E-state index < -0.39 is 0 Å². The van der Waals surface area contributed by atoms with Gasteiger partial charge in [-0.2, -0.15) is 15.4 Å². The zero-order valence-corrected chi connectivity index (χ0v) is 14.1. The summed E-state index contributed by atoms with van der Waals surface area (Å²) in [6, 6.07) is 7.23. The molecule has 25 heavy (non-hydrogen) atoms. The number of aromatic amines is 1. The number of hydrogen-bond donors (Lipinski definition) is 1. The van der Waals surface area contributed by atoms with E-state index in [1.54, 1.807) is 23.1 Å². The van der Waals surface area contributed by atoms with Crippen molar-refractivity contribution in [1.82, 2.24) is 30.3 Å². The van der Waals surface area contributed by atoms with Crippen molar-refractivity contribution in [3.63, 3.8) is 0 Å². The Bertz CT molecular complexity index is 918. The SMILES string of the molecule is Cc1cc(C)nc([C@H]2CN(C(=O)c3ccc4n[nH]nc4c3)CCO2)n1. The Morgan fingerprint density at radius 1 is 1.16 bits per heavy atom. The molecule has 1 fully saturated rings. The summed E-state index contributed by atoms with van der Waals surface area (Å²) in [5.74, 6) is 0.574. The first-order valence-corrected chi connectivity index (χ1v) is 8.14. The molecule has 0 spiro atoms. The lowest BCUT2D eigenvalue weighted by atomic mass is 10.1. The monoisotopic (exact) mass is 338 g/mol. The topological polar surface area (TPSA) is 96.9 Å². The second kappa shape index (κ2) is 6.21. The number of ether oxygens (including phenoxy) is 1. The molecule has 3 heterocycles. The van der Waals surface area contributed by atoms with Crippen LogP contribution in [0.3, 0.4) is 0 Å². The molecule has 1 aliphatic rings. The van der Waals surface area contributed by atoms with Crippen LogP contribution in [-0.2, 0) is 4.74 Å². The summed E-state index contributed by atoms with van der Waals surface area (Å²) in [6.45, 7) is 5.28. The number of aryl methyl sites for hydroxylation is 2. The lowest BCUT2D eigenvalue weighted by molar-refractivity contribution is -0.0269. The van der Waals surface area contributed by atoms with Gasteiger partial charge in [0.25, 0.3) is 5.91 Å². The van der Waals surface area contributed by atoms with Gasteiger partial charge in [0, 0.05) is 23.5 Å². The first-order valence-electron chi connectivity index (χ1n) is 8.14. The van der Waals surface area contributed by atoms with Crippen LogP contribution in [0.5, 0.6) is 0 Å². The van der Waals surface area contributed by atoms with Crippen molar-refractivity contribution in [1.29, 1.82) is 0 Å². The van der Waals surface area contributed by atoms with E-state index in [1.807, 2.05) is 19.9 Å². The van der Waals surface area contributed by atoms with E-state index in [4.69, 9.17) is 4.74 Å². The maximum absolute atomic E-state index is 12.8. The maximum Gasteiger partial charge on any atom is 0.254 e. The van der Waals surface area contributed by atoms with Crippen molar-refractivity contribution < 1.29 is 9.53 Å². The second-order valence-corrected chi connectivity index (χ2v) is 6.15. The first-order chi connectivity index (χ1) is 12.1. The summed E-state index contributed by atoms with van der Waals surface area (Å²) in [5, 5.41) is 10.6. The van der Waals surface area contributed by atoms with Crippen LogP contribution in [0.2, 0.25) is 0 Å². The molecule has 0 unspecified atom stereocenters. The molecular weight excluding hydrogens is 320 g/mol.